The van der Waals surface area contributed by atoms with E-state index in [1.165, 1.54) is 49.3 Å². The van der Waals surface area contributed by atoms with Gasteiger partial charge in [-0.05, 0) is 69.0 Å². The van der Waals surface area contributed by atoms with Crippen LogP contribution in [-0.4, -0.2) is 48.2 Å². The quantitative estimate of drug-likeness (QED) is 0.500. The Balaban J connectivity index is 1.22. The van der Waals surface area contributed by atoms with Gasteiger partial charge in [-0.25, -0.2) is 13.4 Å². The molecule has 0 saturated heterocycles. The molecule has 1 aliphatic heterocycles. The van der Waals surface area contributed by atoms with Crippen molar-refractivity contribution in [3.8, 4) is 5.88 Å². The predicted molar refractivity (Wildman–Crippen MR) is 138 cm³/mol. The van der Waals surface area contributed by atoms with Crippen LogP contribution in [0, 0.1) is 0 Å². The van der Waals surface area contributed by atoms with Gasteiger partial charge < -0.3 is 15.0 Å². The molecule has 3 aromatic rings. The fraction of sp³-hybridized carbons (Fsp3) is 0.407. The number of pyridine rings is 3. The Morgan fingerprint density at radius 1 is 1.05 bits per heavy atom. The number of carbonyl (C=O) groups excluding carboxylic acids is 1. The van der Waals surface area contributed by atoms with E-state index in [-0.39, 0.29) is 29.1 Å². The molecule has 2 fully saturated rings. The maximum atomic E-state index is 12.8. The minimum absolute atomic E-state index is 0.108. The van der Waals surface area contributed by atoms with Crippen LogP contribution in [0.25, 0.3) is 0 Å². The van der Waals surface area contributed by atoms with Crippen LogP contribution < -0.4 is 15.0 Å². The van der Waals surface area contributed by atoms with E-state index in [1.54, 1.807) is 12.1 Å². The summed E-state index contributed by atoms with van der Waals surface area (Å²) in [6.45, 7) is 2.73. The van der Waals surface area contributed by atoms with Crippen LogP contribution in [0.3, 0.4) is 0 Å². The molecule has 10 heteroatoms. The summed E-state index contributed by atoms with van der Waals surface area (Å²) in [4.78, 5) is 28.8. The normalized spacial score (nSPS) is 19.2. The minimum Gasteiger partial charge on any atom is -0.474 e. The second-order valence-electron chi connectivity index (χ2n) is 10.2. The van der Waals surface area contributed by atoms with E-state index >= 15 is 0 Å². The minimum atomic E-state index is -3.32. The van der Waals surface area contributed by atoms with Gasteiger partial charge in [0.1, 0.15) is 18.0 Å². The summed E-state index contributed by atoms with van der Waals surface area (Å²) >= 11 is 0. The number of nitrogens with one attached hydrogen (secondary N) is 1. The van der Waals surface area contributed by atoms with E-state index in [1.807, 2.05) is 6.07 Å². The van der Waals surface area contributed by atoms with Gasteiger partial charge in [0.05, 0.1) is 23.2 Å². The number of aromatic nitrogens is 3. The highest BCUT2D eigenvalue weighted by molar-refractivity contribution is 7.90. The number of sulfone groups is 1. The van der Waals surface area contributed by atoms with Crippen LogP contribution in [0.4, 0.5) is 11.4 Å². The first-order valence-corrected chi connectivity index (χ1v) is 14.5. The van der Waals surface area contributed by atoms with Crippen molar-refractivity contribution >= 4 is 27.1 Å². The lowest BCUT2D eigenvalue weighted by atomic mass is 10.1. The Morgan fingerprint density at radius 3 is 2.35 bits per heavy atom. The van der Waals surface area contributed by atoms with E-state index < -0.39 is 9.84 Å². The summed E-state index contributed by atoms with van der Waals surface area (Å²) in [5.41, 5.74) is 5.10. The summed E-state index contributed by atoms with van der Waals surface area (Å²) in [5, 5.41) is 2.79. The highest BCUT2D eigenvalue weighted by Crippen LogP contribution is 2.46. The molecule has 1 atom stereocenters. The van der Waals surface area contributed by atoms with Gasteiger partial charge in [0.2, 0.25) is 5.88 Å². The molecule has 9 nitrogen and oxygen atoms in total. The fourth-order valence-corrected chi connectivity index (χ4v) is 5.18. The molecular weight excluding hydrogens is 490 g/mol. The summed E-state index contributed by atoms with van der Waals surface area (Å²) in [7, 11) is -3.32. The molecule has 37 heavy (non-hydrogen) atoms. The van der Waals surface area contributed by atoms with Crippen molar-refractivity contribution in [2.45, 2.75) is 61.9 Å². The molecule has 0 spiro atoms. The number of amides is 1. The Labute approximate surface area is 216 Å². The highest BCUT2D eigenvalue weighted by Gasteiger charge is 2.33. The molecular formula is C27H29N5O4S. The van der Waals surface area contributed by atoms with Crippen molar-refractivity contribution in [2.24, 2.45) is 0 Å². The van der Waals surface area contributed by atoms with Gasteiger partial charge >= 0.3 is 0 Å². The molecule has 2 saturated carbocycles. The number of carbonyl (C=O) groups is 1. The lowest BCUT2D eigenvalue weighted by molar-refractivity contribution is 0.0944. The van der Waals surface area contributed by atoms with Crippen molar-refractivity contribution in [1.82, 2.24) is 20.3 Å². The van der Waals surface area contributed by atoms with Gasteiger partial charge in [0.15, 0.2) is 9.84 Å². The first kappa shape index (κ1) is 23.8. The SMILES string of the molecule is C[C@@H]1COc2nc(C(=O)NCc3ccc(S(C)(=O)=O)cn3)ccc2N1c1cc(C2CC2)nc(C2CC2)c1. The Morgan fingerprint density at radius 2 is 1.76 bits per heavy atom. The smallest absolute Gasteiger partial charge is 0.270 e. The first-order chi connectivity index (χ1) is 17.8. The molecule has 3 aliphatic rings. The number of nitrogens with zero attached hydrogens (tertiary/aromatic N) is 4. The molecule has 6 rings (SSSR count). The first-order valence-electron chi connectivity index (χ1n) is 12.6. The molecule has 4 heterocycles. The van der Waals surface area contributed by atoms with Crippen LogP contribution in [0.1, 0.15) is 72.0 Å². The third-order valence-corrected chi connectivity index (χ3v) is 8.11. The third-order valence-electron chi connectivity index (χ3n) is 7.01. The standard InChI is InChI=1S/C27H29N5O4S/c1-16-15-36-27-25(32(16)20-11-23(17-3-4-17)30-24(12-20)18-5-6-18)10-9-22(31-27)26(33)29-13-19-7-8-21(14-28-19)37(2,34)35/h7-12,14,16-18H,3-6,13,15H2,1-2H3,(H,29,33)/t16-/m1/s1. The van der Waals surface area contributed by atoms with E-state index in [4.69, 9.17) is 9.72 Å². The average Bonchev–Trinajstić information content (AvgIpc) is 3.79. The monoisotopic (exact) mass is 519 g/mol. The average molecular weight is 520 g/mol. The predicted octanol–water partition coefficient (Wildman–Crippen LogP) is 3.88. The number of hydrogen-bond donors (Lipinski definition) is 1. The number of fused-ring (bicyclic) bond motifs is 1. The Kier molecular flexibility index (Phi) is 5.86. The largest absolute Gasteiger partial charge is 0.474 e. The lowest BCUT2D eigenvalue weighted by Gasteiger charge is -2.36. The molecule has 1 amide bonds. The topological polar surface area (TPSA) is 114 Å². The van der Waals surface area contributed by atoms with E-state index in [2.05, 4.69) is 39.2 Å². The summed E-state index contributed by atoms with van der Waals surface area (Å²) in [5.74, 6) is 1.20. The zero-order valence-electron chi connectivity index (χ0n) is 20.8. The van der Waals surface area contributed by atoms with Gasteiger partial charge in [-0.2, -0.15) is 0 Å². The van der Waals surface area contributed by atoms with Crippen molar-refractivity contribution in [3.63, 3.8) is 0 Å². The van der Waals surface area contributed by atoms with Crippen molar-refractivity contribution in [1.29, 1.82) is 0 Å². The van der Waals surface area contributed by atoms with Crippen molar-refractivity contribution in [3.05, 3.63) is 65.4 Å². The van der Waals surface area contributed by atoms with Crippen LogP contribution in [0.15, 0.2) is 47.5 Å². The van der Waals surface area contributed by atoms with Gasteiger partial charge in [-0.15, -0.1) is 0 Å². The van der Waals surface area contributed by atoms with Crippen LogP contribution in [-0.2, 0) is 16.4 Å². The van der Waals surface area contributed by atoms with Crippen LogP contribution >= 0.6 is 0 Å². The van der Waals surface area contributed by atoms with E-state index in [9.17, 15) is 13.2 Å². The van der Waals surface area contributed by atoms with Gasteiger partial charge in [0.25, 0.3) is 5.91 Å². The molecule has 0 bridgehead atoms. The number of anilines is 2. The molecule has 192 valence electrons. The molecule has 0 radical (unpaired) electrons. The Hall–Kier alpha value is -3.53. The molecule has 0 aromatic carbocycles. The second-order valence-corrected chi connectivity index (χ2v) is 12.2. The van der Waals surface area contributed by atoms with Gasteiger partial charge in [0, 0.05) is 41.4 Å². The number of rotatable bonds is 7. The van der Waals surface area contributed by atoms with Crippen LogP contribution in [0.2, 0.25) is 0 Å². The molecule has 3 aromatic heterocycles. The maximum absolute atomic E-state index is 12.8. The van der Waals surface area contributed by atoms with E-state index in [0.29, 0.717) is 30.0 Å². The third kappa shape index (κ3) is 5.02. The highest BCUT2D eigenvalue weighted by atomic mass is 32.2. The number of hydrogen-bond acceptors (Lipinski definition) is 8. The molecule has 1 N–H and O–H groups in total. The second kappa shape index (κ2) is 9.09. The maximum Gasteiger partial charge on any atom is 0.270 e. The van der Waals surface area contributed by atoms with E-state index in [0.717, 1.165) is 17.6 Å². The Bertz CT molecular complexity index is 1440. The summed E-state index contributed by atoms with van der Waals surface area (Å²) < 4.78 is 29.2. The molecule has 2 aliphatic carbocycles. The lowest BCUT2D eigenvalue weighted by Crippen LogP contribution is -2.38. The molecule has 0 unspecified atom stereocenters. The van der Waals surface area contributed by atoms with Gasteiger partial charge in [-0.1, -0.05) is 0 Å². The summed E-state index contributed by atoms with van der Waals surface area (Å²) in [6, 6.07) is 11.2. The zero-order valence-corrected chi connectivity index (χ0v) is 21.7. The van der Waals surface area contributed by atoms with Crippen LogP contribution in [0.5, 0.6) is 5.88 Å². The number of ether oxygens (including phenoxy) is 1. The summed E-state index contributed by atoms with van der Waals surface area (Å²) in [6.07, 6.45) is 7.23. The van der Waals surface area contributed by atoms with Crippen molar-refractivity contribution in [2.75, 3.05) is 17.8 Å². The fourth-order valence-electron chi connectivity index (χ4n) is 4.62. The van der Waals surface area contributed by atoms with Crippen molar-refractivity contribution < 1.29 is 17.9 Å². The van der Waals surface area contributed by atoms with Gasteiger partial charge in [-0.3, -0.25) is 14.8 Å². The zero-order chi connectivity index (χ0) is 25.7.